The van der Waals surface area contributed by atoms with E-state index in [0.717, 1.165) is 12.8 Å². The molecule has 0 saturated heterocycles. The van der Waals surface area contributed by atoms with Gasteiger partial charge in [0.15, 0.2) is 0 Å². The molecule has 0 unspecified atom stereocenters. The van der Waals surface area contributed by atoms with Crippen molar-refractivity contribution in [1.82, 2.24) is 4.90 Å². The molecule has 0 radical (unpaired) electrons. The molecule has 5 nitrogen and oxygen atoms in total. The van der Waals surface area contributed by atoms with Crippen molar-refractivity contribution in [1.29, 1.82) is 0 Å². The number of hydrogen-bond donors (Lipinski definition) is 1. The van der Waals surface area contributed by atoms with Crippen LogP contribution in [0.3, 0.4) is 0 Å². The Hall–Kier alpha value is -1.10. The SMILES string of the molecule is CCC(CC)CN(CC(=O)OC)C(=O)C(N)(CC)CC. The third kappa shape index (κ3) is 5.12. The highest BCUT2D eigenvalue weighted by Gasteiger charge is 2.35. The van der Waals surface area contributed by atoms with E-state index in [0.29, 0.717) is 25.3 Å². The summed E-state index contributed by atoms with van der Waals surface area (Å²) in [6.07, 6.45) is 3.06. The molecular weight excluding hydrogens is 256 g/mol. The lowest BCUT2D eigenvalue weighted by Gasteiger charge is -2.34. The fourth-order valence-electron chi connectivity index (χ4n) is 2.17. The highest BCUT2D eigenvalue weighted by atomic mass is 16.5. The Balaban J connectivity index is 5.09. The number of rotatable bonds is 9. The van der Waals surface area contributed by atoms with Gasteiger partial charge in [-0.1, -0.05) is 40.5 Å². The molecule has 0 saturated carbocycles. The number of ether oxygens (including phenoxy) is 1. The second kappa shape index (κ2) is 8.95. The van der Waals surface area contributed by atoms with Crippen LogP contribution in [0.4, 0.5) is 0 Å². The topological polar surface area (TPSA) is 72.6 Å². The summed E-state index contributed by atoms with van der Waals surface area (Å²) in [5, 5.41) is 0. The van der Waals surface area contributed by atoms with Gasteiger partial charge >= 0.3 is 5.97 Å². The van der Waals surface area contributed by atoms with Crippen molar-refractivity contribution >= 4 is 11.9 Å². The monoisotopic (exact) mass is 286 g/mol. The summed E-state index contributed by atoms with van der Waals surface area (Å²) in [7, 11) is 1.33. The van der Waals surface area contributed by atoms with Crippen LogP contribution in [0.15, 0.2) is 0 Å². The molecule has 20 heavy (non-hydrogen) atoms. The van der Waals surface area contributed by atoms with Crippen LogP contribution in [-0.4, -0.2) is 42.5 Å². The Morgan fingerprint density at radius 1 is 1.15 bits per heavy atom. The molecule has 0 aliphatic carbocycles. The summed E-state index contributed by atoms with van der Waals surface area (Å²) >= 11 is 0. The third-order valence-electron chi connectivity index (χ3n) is 4.16. The van der Waals surface area contributed by atoms with Crippen molar-refractivity contribution in [3.63, 3.8) is 0 Å². The van der Waals surface area contributed by atoms with Gasteiger partial charge in [-0.05, 0) is 18.8 Å². The molecule has 0 atom stereocenters. The van der Waals surface area contributed by atoms with Crippen molar-refractivity contribution in [3.05, 3.63) is 0 Å². The Kier molecular flexibility index (Phi) is 8.46. The Morgan fingerprint density at radius 2 is 1.65 bits per heavy atom. The number of carbonyl (C=O) groups is 2. The van der Waals surface area contributed by atoms with Gasteiger partial charge < -0.3 is 15.4 Å². The van der Waals surface area contributed by atoms with Crippen LogP contribution in [0, 0.1) is 5.92 Å². The average Bonchev–Trinajstić information content (AvgIpc) is 2.49. The molecule has 0 aromatic heterocycles. The number of amides is 1. The summed E-state index contributed by atoms with van der Waals surface area (Å²) in [5.41, 5.74) is 5.28. The molecule has 5 heteroatoms. The van der Waals surface area contributed by atoms with E-state index in [1.54, 1.807) is 4.90 Å². The van der Waals surface area contributed by atoms with Crippen molar-refractivity contribution in [2.75, 3.05) is 20.2 Å². The normalized spacial score (nSPS) is 11.6. The maximum atomic E-state index is 12.6. The van der Waals surface area contributed by atoms with Gasteiger partial charge in [-0.25, -0.2) is 0 Å². The number of carbonyl (C=O) groups excluding carboxylic acids is 2. The number of hydrogen-bond acceptors (Lipinski definition) is 4. The molecule has 118 valence electrons. The minimum Gasteiger partial charge on any atom is -0.468 e. The quantitative estimate of drug-likeness (QED) is 0.657. The first-order chi connectivity index (χ1) is 9.38. The summed E-state index contributed by atoms with van der Waals surface area (Å²) in [4.78, 5) is 25.7. The van der Waals surface area contributed by atoms with Gasteiger partial charge in [-0.2, -0.15) is 0 Å². The molecule has 0 aromatic carbocycles. The van der Waals surface area contributed by atoms with E-state index in [4.69, 9.17) is 5.73 Å². The van der Waals surface area contributed by atoms with Crippen LogP contribution in [-0.2, 0) is 14.3 Å². The second-order valence-electron chi connectivity index (χ2n) is 5.31. The van der Waals surface area contributed by atoms with E-state index in [1.165, 1.54) is 7.11 Å². The predicted octanol–water partition coefficient (Wildman–Crippen LogP) is 1.94. The van der Waals surface area contributed by atoms with E-state index in [1.807, 2.05) is 13.8 Å². The van der Waals surface area contributed by atoms with Gasteiger partial charge in [0, 0.05) is 6.54 Å². The highest BCUT2D eigenvalue weighted by molar-refractivity contribution is 5.89. The zero-order chi connectivity index (χ0) is 15.8. The largest absolute Gasteiger partial charge is 0.468 e. The predicted molar refractivity (Wildman–Crippen MR) is 80.2 cm³/mol. The minimum atomic E-state index is -0.889. The molecule has 0 aromatic rings. The lowest BCUT2D eigenvalue weighted by atomic mass is 9.91. The lowest BCUT2D eigenvalue weighted by Crippen LogP contribution is -2.56. The molecule has 0 fully saturated rings. The zero-order valence-corrected chi connectivity index (χ0v) is 13.6. The fourth-order valence-corrected chi connectivity index (χ4v) is 2.17. The Morgan fingerprint density at radius 3 is 2.00 bits per heavy atom. The average molecular weight is 286 g/mol. The van der Waals surface area contributed by atoms with Crippen LogP contribution in [0.2, 0.25) is 0 Å². The number of nitrogens with two attached hydrogens (primary N) is 1. The summed E-state index contributed by atoms with van der Waals surface area (Å²) < 4.78 is 4.69. The molecular formula is C15H30N2O3. The Bertz CT molecular complexity index is 310. The summed E-state index contributed by atoms with van der Waals surface area (Å²) in [5.74, 6) is -0.180. The highest BCUT2D eigenvalue weighted by Crippen LogP contribution is 2.18. The maximum Gasteiger partial charge on any atom is 0.325 e. The maximum absolute atomic E-state index is 12.6. The van der Waals surface area contributed by atoms with Gasteiger partial charge in [-0.3, -0.25) is 9.59 Å². The number of esters is 1. The van der Waals surface area contributed by atoms with Crippen LogP contribution >= 0.6 is 0 Å². The minimum absolute atomic E-state index is 0.0230. The van der Waals surface area contributed by atoms with Gasteiger partial charge in [0.2, 0.25) is 5.91 Å². The fraction of sp³-hybridized carbons (Fsp3) is 0.867. The summed E-state index contributed by atoms with van der Waals surface area (Å²) in [6.45, 7) is 8.50. The van der Waals surface area contributed by atoms with Crippen molar-refractivity contribution in [3.8, 4) is 0 Å². The van der Waals surface area contributed by atoms with E-state index in [-0.39, 0.29) is 12.5 Å². The molecule has 0 aliphatic heterocycles. The van der Waals surface area contributed by atoms with E-state index in [2.05, 4.69) is 18.6 Å². The van der Waals surface area contributed by atoms with Gasteiger partial charge in [0.05, 0.1) is 12.6 Å². The van der Waals surface area contributed by atoms with Crippen LogP contribution in [0.25, 0.3) is 0 Å². The molecule has 0 spiro atoms. The van der Waals surface area contributed by atoms with E-state index < -0.39 is 11.5 Å². The van der Waals surface area contributed by atoms with E-state index >= 15 is 0 Å². The number of nitrogens with zero attached hydrogens (tertiary/aromatic N) is 1. The first kappa shape index (κ1) is 18.9. The van der Waals surface area contributed by atoms with Crippen LogP contribution < -0.4 is 5.73 Å². The van der Waals surface area contributed by atoms with Crippen molar-refractivity contribution < 1.29 is 14.3 Å². The number of methoxy groups -OCH3 is 1. The first-order valence-electron chi connectivity index (χ1n) is 7.53. The second-order valence-corrected chi connectivity index (χ2v) is 5.31. The van der Waals surface area contributed by atoms with Gasteiger partial charge in [0.25, 0.3) is 0 Å². The molecule has 0 rings (SSSR count). The van der Waals surface area contributed by atoms with Crippen molar-refractivity contribution in [2.45, 2.75) is 58.9 Å². The summed E-state index contributed by atoms with van der Waals surface area (Å²) in [6, 6.07) is 0. The first-order valence-corrected chi connectivity index (χ1v) is 7.53. The third-order valence-corrected chi connectivity index (χ3v) is 4.16. The standard InChI is InChI=1S/C15H30N2O3/c1-6-12(7-2)10-17(11-13(18)20-5)14(19)15(16,8-3)9-4/h12H,6-11,16H2,1-5H3. The van der Waals surface area contributed by atoms with Crippen molar-refractivity contribution in [2.24, 2.45) is 11.7 Å². The molecule has 2 N–H and O–H groups in total. The molecule has 0 heterocycles. The zero-order valence-electron chi connectivity index (χ0n) is 13.6. The van der Waals surface area contributed by atoms with Crippen LogP contribution in [0.1, 0.15) is 53.4 Å². The lowest BCUT2D eigenvalue weighted by molar-refractivity contribution is -0.149. The van der Waals surface area contributed by atoms with Gasteiger partial charge in [0.1, 0.15) is 6.54 Å². The van der Waals surface area contributed by atoms with Gasteiger partial charge in [-0.15, -0.1) is 0 Å². The van der Waals surface area contributed by atoms with E-state index in [9.17, 15) is 9.59 Å². The Labute approximate surface area is 122 Å². The molecule has 1 amide bonds. The van der Waals surface area contributed by atoms with Crippen LogP contribution in [0.5, 0.6) is 0 Å². The smallest absolute Gasteiger partial charge is 0.325 e. The molecule has 0 bridgehead atoms. The molecule has 0 aliphatic rings.